The van der Waals surface area contributed by atoms with Crippen molar-refractivity contribution in [2.24, 2.45) is 11.5 Å². The van der Waals surface area contributed by atoms with E-state index in [2.05, 4.69) is 39.7 Å². The van der Waals surface area contributed by atoms with Gasteiger partial charge in [-0.25, -0.2) is 0 Å². The summed E-state index contributed by atoms with van der Waals surface area (Å²) in [6, 6.07) is 20.0. The zero-order chi connectivity index (χ0) is 40.6. The molecular formula is C43H51N9O6. The summed E-state index contributed by atoms with van der Waals surface area (Å²) in [4.78, 5) is 53.8. The van der Waals surface area contributed by atoms with Gasteiger partial charge < -0.3 is 51.5 Å². The van der Waals surface area contributed by atoms with Crippen LogP contribution in [0.3, 0.4) is 0 Å². The molecule has 3 amide bonds. The summed E-state index contributed by atoms with van der Waals surface area (Å²) >= 11 is 0. The zero-order valence-corrected chi connectivity index (χ0v) is 33.0. The third-order valence-electron chi connectivity index (χ3n) is 10.7. The van der Waals surface area contributed by atoms with Crippen molar-refractivity contribution in [2.45, 2.75) is 33.1 Å². The number of carbonyl (C=O) groups is 3. The molecule has 0 aliphatic carbocycles. The summed E-state index contributed by atoms with van der Waals surface area (Å²) in [5.74, 6) is 0.439. The second kappa shape index (κ2) is 18.3. The van der Waals surface area contributed by atoms with Gasteiger partial charge in [0.25, 0.3) is 5.91 Å². The molecule has 304 valence electrons. The van der Waals surface area contributed by atoms with Crippen LogP contribution in [-0.4, -0.2) is 103 Å². The molecule has 1 aromatic heterocycles. The zero-order valence-electron chi connectivity index (χ0n) is 33.0. The number of aromatic nitrogens is 1. The van der Waals surface area contributed by atoms with Crippen LogP contribution in [0.1, 0.15) is 53.8 Å². The van der Waals surface area contributed by atoms with Crippen LogP contribution in [0.5, 0.6) is 17.2 Å². The molecule has 0 radical (unpaired) electrons. The highest BCUT2D eigenvalue weighted by atomic mass is 16.7. The molecule has 2 aliphatic rings. The fourth-order valence-electron chi connectivity index (χ4n) is 7.42. The lowest BCUT2D eigenvalue weighted by molar-refractivity contribution is -0.138. The third-order valence-corrected chi connectivity index (χ3v) is 10.7. The van der Waals surface area contributed by atoms with Gasteiger partial charge in [-0.1, -0.05) is 26.3 Å². The van der Waals surface area contributed by atoms with Crippen LogP contribution >= 0.6 is 0 Å². The monoisotopic (exact) mass is 789 g/mol. The third kappa shape index (κ3) is 9.11. The van der Waals surface area contributed by atoms with Gasteiger partial charge in [0.2, 0.25) is 18.6 Å². The predicted octanol–water partition coefficient (Wildman–Crippen LogP) is 5.53. The Morgan fingerprint density at radius 2 is 1.53 bits per heavy atom. The summed E-state index contributed by atoms with van der Waals surface area (Å²) in [7, 11) is 0. The molecule has 0 atom stereocenters. The quantitative estimate of drug-likeness (QED) is 0.0700. The Morgan fingerprint density at radius 1 is 0.776 bits per heavy atom. The number of hydroxylamine groups is 2. The van der Waals surface area contributed by atoms with Crippen LogP contribution in [0.15, 0.2) is 72.9 Å². The van der Waals surface area contributed by atoms with Gasteiger partial charge in [-0.3, -0.25) is 19.4 Å². The van der Waals surface area contributed by atoms with Crippen molar-refractivity contribution in [3.63, 3.8) is 0 Å². The smallest absolute Gasteiger partial charge is 0.252 e. The number of nitrogens with one attached hydrogen (secondary N) is 3. The number of unbranched alkanes of at least 4 members (excludes halogenated alkanes) is 2. The first-order valence-corrected chi connectivity index (χ1v) is 19.9. The molecule has 3 heterocycles. The number of carbonyl (C=O) groups excluding carboxylic acids is 3. The lowest BCUT2D eigenvalue weighted by atomic mass is 10.0. The van der Waals surface area contributed by atoms with E-state index in [0.29, 0.717) is 71.0 Å². The molecule has 1 fully saturated rings. The first-order valence-electron chi connectivity index (χ1n) is 19.9. The molecule has 0 spiro atoms. The summed E-state index contributed by atoms with van der Waals surface area (Å²) in [5.41, 5.74) is 15.9. The maximum Gasteiger partial charge on any atom is 0.252 e. The molecule has 0 saturated carbocycles. The van der Waals surface area contributed by atoms with Crippen molar-refractivity contribution < 1.29 is 28.7 Å². The largest absolute Gasteiger partial charge is 0.454 e. The van der Waals surface area contributed by atoms with Crippen molar-refractivity contribution in [1.29, 1.82) is 0 Å². The fourth-order valence-corrected chi connectivity index (χ4v) is 7.42. The van der Waals surface area contributed by atoms with Gasteiger partial charge in [-0.2, -0.15) is 0 Å². The molecule has 7 N–H and O–H groups in total. The molecule has 1 saturated heterocycles. The van der Waals surface area contributed by atoms with Crippen LogP contribution in [0.25, 0.3) is 21.7 Å². The van der Waals surface area contributed by atoms with Crippen molar-refractivity contribution in [2.75, 3.05) is 81.6 Å². The van der Waals surface area contributed by atoms with E-state index < -0.39 is 11.8 Å². The first kappa shape index (κ1) is 39.9. The Labute approximate surface area is 337 Å². The van der Waals surface area contributed by atoms with Gasteiger partial charge in [0, 0.05) is 65.3 Å². The highest BCUT2D eigenvalue weighted by Gasteiger charge is 2.26. The predicted molar refractivity (Wildman–Crippen MR) is 226 cm³/mol. The maximum absolute atomic E-state index is 13.5. The number of pyridine rings is 1. The average molecular weight is 790 g/mol. The summed E-state index contributed by atoms with van der Waals surface area (Å²) in [6.07, 6.45) is 4.92. The van der Waals surface area contributed by atoms with E-state index in [0.717, 1.165) is 67.9 Å². The minimum atomic E-state index is -0.602. The molecule has 4 aromatic carbocycles. The number of fused-ring (bicyclic) bond motifs is 3. The Morgan fingerprint density at radius 3 is 2.31 bits per heavy atom. The van der Waals surface area contributed by atoms with Crippen molar-refractivity contribution in [1.82, 2.24) is 19.8 Å². The standard InChI is InChI=1S/C43H51N9O6/c1-3-50(4-2)18-7-5-6-16-46-36-25-34(43(45)55)41(32-9-8-17-47-40(32)36)58-52-21-19-51(20-22-52)39(53)26-48-35-14-13-31(42(44)54)30-12-10-28(23-33(30)35)49-29-11-15-37-38(24-29)57-27-56-37/h8-15,17,23-25,46,48-49H,3-7,16,18-22,26-27H2,1-2H3,(H2,44,54)(H2,45,55). The van der Waals surface area contributed by atoms with E-state index in [4.69, 9.17) is 25.8 Å². The number of nitrogens with two attached hydrogens (primary N) is 2. The number of amides is 3. The Bertz CT molecular complexity index is 2290. The average Bonchev–Trinajstić information content (AvgIpc) is 3.71. The highest BCUT2D eigenvalue weighted by molar-refractivity contribution is 6.11. The van der Waals surface area contributed by atoms with E-state index in [1.807, 2.05) is 48.5 Å². The number of benzene rings is 4. The van der Waals surface area contributed by atoms with E-state index in [1.165, 1.54) is 0 Å². The molecule has 15 nitrogen and oxygen atoms in total. The van der Waals surface area contributed by atoms with E-state index in [1.54, 1.807) is 34.4 Å². The van der Waals surface area contributed by atoms with Gasteiger partial charge in [-0.05, 0) is 92.5 Å². The van der Waals surface area contributed by atoms with Crippen molar-refractivity contribution in [3.8, 4) is 17.2 Å². The first-order chi connectivity index (χ1) is 28.2. The van der Waals surface area contributed by atoms with Gasteiger partial charge >= 0.3 is 0 Å². The SMILES string of the molecule is CCN(CC)CCCCCNc1cc(C(N)=O)c(ON2CCN(C(=O)CNc3ccc(C(N)=O)c4ccc(Nc5ccc6c(c5)OCO6)cc34)CC2)c2cccnc12. The van der Waals surface area contributed by atoms with E-state index in [-0.39, 0.29) is 24.8 Å². The molecule has 5 aromatic rings. The number of hydrogen-bond donors (Lipinski definition) is 5. The van der Waals surface area contributed by atoms with Crippen LogP contribution in [0.4, 0.5) is 22.7 Å². The summed E-state index contributed by atoms with van der Waals surface area (Å²) < 4.78 is 10.9. The van der Waals surface area contributed by atoms with Gasteiger partial charge in [0.05, 0.1) is 36.4 Å². The number of primary amides is 2. The normalized spacial score (nSPS) is 13.9. The minimum absolute atomic E-state index is 0.0260. The topological polar surface area (TPSA) is 190 Å². The molecule has 0 bridgehead atoms. The molecule has 58 heavy (non-hydrogen) atoms. The van der Waals surface area contributed by atoms with Crippen LogP contribution in [0, 0.1) is 0 Å². The number of nitrogens with zero attached hydrogens (tertiary/aromatic N) is 4. The summed E-state index contributed by atoms with van der Waals surface area (Å²) in [6.45, 7) is 10.1. The lowest BCUT2D eigenvalue weighted by Gasteiger charge is -2.34. The molecule has 7 rings (SSSR count). The minimum Gasteiger partial charge on any atom is -0.454 e. The van der Waals surface area contributed by atoms with E-state index >= 15 is 0 Å². The lowest BCUT2D eigenvalue weighted by Crippen LogP contribution is -2.51. The summed E-state index contributed by atoms with van der Waals surface area (Å²) in [5, 5.41) is 14.0. The van der Waals surface area contributed by atoms with Crippen molar-refractivity contribution >= 4 is 62.1 Å². The molecule has 0 unspecified atom stereocenters. The van der Waals surface area contributed by atoms with Crippen LogP contribution in [-0.2, 0) is 4.79 Å². The Kier molecular flexibility index (Phi) is 12.6. The van der Waals surface area contributed by atoms with Gasteiger partial charge in [0.1, 0.15) is 0 Å². The van der Waals surface area contributed by atoms with Gasteiger partial charge in [0.15, 0.2) is 17.2 Å². The Balaban J connectivity index is 0.977. The highest BCUT2D eigenvalue weighted by Crippen LogP contribution is 2.37. The van der Waals surface area contributed by atoms with Crippen LogP contribution < -0.4 is 41.7 Å². The fraction of sp³-hybridized carbons (Fsp3) is 0.349. The number of piperazine rings is 1. The number of anilines is 4. The van der Waals surface area contributed by atoms with Gasteiger partial charge in [-0.15, -0.1) is 5.06 Å². The number of rotatable bonds is 18. The number of ether oxygens (including phenoxy) is 2. The van der Waals surface area contributed by atoms with Crippen LogP contribution in [0.2, 0.25) is 0 Å². The molecule has 2 aliphatic heterocycles. The second-order valence-electron chi connectivity index (χ2n) is 14.3. The Hall–Kier alpha value is -6.32. The molecular weight excluding hydrogens is 739 g/mol. The second-order valence-corrected chi connectivity index (χ2v) is 14.3. The maximum atomic E-state index is 13.5. The number of hydrogen-bond acceptors (Lipinski definition) is 12. The van der Waals surface area contributed by atoms with Crippen molar-refractivity contribution in [3.05, 3.63) is 84.1 Å². The van der Waals surface area contributed by atoms with E-state index in [9.17, 15) is 14.4 Å². The molecule has 15 heteroatoms.